The third-order valence-electron chi connectivity index (χ3n) is 4.66. The quantitative estimate of drug-likeness (QED) is 0.772. The minimum Gasteiger partial charge on any atom is -0.495 e. The number of piperidine rings is 1. The molecular formula is C17H28ClN3O4S. The Balaban J connectivity index is 0.00000338. The Kier molecular flexibility index (Phi) is 7.47. The zero-order valence-electron chi connectivity index (χ0n) is 15.6. The zero-order chi connectivity index (χ0) is 18.8. The van der Waals surface area contributed by atoms with Crippen molar-refractivity contribution in [2.75, 3.05) is 20.2 Å². The number of sulfonamides is 1. The Hall–Kier alpha value is -1.35. The number of nitrogens with two attached hydrogens (primary N) is 1. The molecule has 0 radical (unpaired) electrons. The lowest BCUT2D eigenvalue weighted by atomic mass is 9.81. The van der Waals surface area contributed by atoms with E-state index in [9.17, 15) is 13.2 Å². The molecule has 1 fully saturated rings. The Morgan fingerprint density at radius 3 is 2.62 bits per heavy atom. The van der Waals surface area contributed by atoms with E-state index in [0.717, 1.165) is 0 Å². The smallest absolute Gasteiger partial charge is 0.246 e. The molecule has 1 aromatic rings. The number of rotatable bonds is 5. The molecule has 1 amide bonds. The second kappa shape index (κ2) is 8.56. The van der Waals surface area contributed by atoms with Gasteiger partial charge in [-0.2, -0.15) is 4.31 Å². The molecule has 3 N–H and O–H groups in total. The summed E-state index contributed by atoms with van der Waals surface area (Å²) in [6, 6.07) is 4.88. The van der Waals surface area contributed by atoms with Crippen LogP contribution >= 0.6 is 12.4 Å². The molecular weight excluding hydrogens is 378 g/mol. The Labute approximate surface area is 161 Å². The molecule has 1 aliphatic heterocycles. The summed E-state index contributed by atoms with van der Waals surface area (Å²) in [6.45, 7) is 6.37. The predicted molar refractivity (Wildman–Crippen MR) is 103 cm³/mol. The maximum atomic E-state index is 13.2. The van der Waals surface area contributed by atoms with E-state index >= 15 is 0 Å². The lowest BCUT2D eigenvalue weighted by Crippen LogP contribution is -2.53. The fourth-order valence-corrected chi connectivity index (χ4v) is 4.76. The van der Waals surface area contributed by atoms with Crippen LogP contribution in [0.4, 0.5) is 0 Å². The number of hydrogen-bond acceptors (Lipinski definition) is 5. The number of ether oxygens (including phenoxy) is 1. The largest absolute Gasteiger partial charge is 0.495 e. The monoisotopic (exact) mass is 405 g/mol. The van der Waals surface area contributed by atoms with Crippen molar-refractivity contribution in [1.82, 2.24) is 9.62 Å². The average Bonchev–Trinajstić information content (AvgIpc) is 2.54. The summed E-state index contributed by atoms with van der Waals surface area (Å²) in [5.74, 6) is 0.117. The van der Waals surface area contributed by atoms with Crippen LogP contribution in [-0.4, -0.2) is 44.9 Å². The van der Waals surface area contributed by atoms with E-state index in [4.69, 9.17) is 10.5 Å². The molecule has 7 nitrogen and oxygen atoms in total. The van der Waals surface area contributed by atoms with Crippen LogP contribution < -0.4 is 15.8 Å². The first-order valence-electron chi connectivity index (χ1n) is 8.25. The van der Waals surface area contributed by atoms with Crippen LogP contribution in [0.1, 0.15) is 32.8 Å². The van der Waals surface area contributed by atoms with Gasteiger partial charge in [-0.1, -0.05) is 19.9 Å². The van der Waals surface area contributed by atoms with Gasteiger partial charge < -0.3 is 15.8 Å². The van der Waals surface area contributed by atoms with Crippen molar-refractivity contribution in [2.24, 2.45) is 11.1 Å². The molecule has 9 heteroatoms. The van der Waals surface area contributed by atoms with Crippen molar-refractivity contribution in [3.63, 3.8) is 0 Å². The van der Waals surface area contributed by atoms with E-state index < -0.39 is 10.0 Å². The third kappa shape index (κ3) is 4.88. The summed E-state index contributed by atoms with van der Waals surface area (Å²) in [6.07, 6.45) is 0.611. The standard InChI is InChI=1S/C17H27N3O4S.ClH/c1-12(21)19-10-13-5-6-14(24-4)15(9-13)25(22,23)20-8-7-16(18)17(2,3)11-20;/h5-6,9,16H,7-8,10-11,18H2,1-4H3,(H,19,21);1H. The molecule has 0 aliphatic carbocycles. The summed E-state index contributed by atoms with van der Waals surface area (Å²) in [7, 11) is -2.28. The van der Waals surface area contributed by atoms with Gasteiger partial charge in [0.15, 0.2) is 0 Å². The average molecular weight is 406 g/mol. The second-order valence-corrected chi connectivity index (χ2v) is 9.02. The van der Waals surface area contributed by atoms with E-state index in [0.29, 0.717) is 30.8 Å². The summed E-state index contributed by atoms with van der Waals surface area (Å²) in [4.78, 5) is 11.2. The Morgan fingerprint density at radius 2 is 2.08 bits per heavy atom. The number of methoxy groups -OCH3 is 1. The van der Waals surface area contributed by atoms with Crippen LogP contribution in [0.15, 0.2) is 23.1 Å². The van der Waals surface area contributed by atoms with Gasteiger partial charge in [0, 0.05) is 32.6 Å². The van der Waals surface area contributed by atoms with Crippen molar-refractivity contribution in [1.29, 1.82) is 0 Å². The summed E-state index contributed by atoms with van der Waals surface area (Å²) in [5, 5.41) is 2.67. The molecule has 0 saturated carbocycles. The molecule has 1 saturated heterocycles. The van der Waals surface area contributed by atoms with Gasteiger partial charge in [0.2, 0.25) is 15.9 Å². The summed E-state index contributed by atoms with van der Waals surface area (Å²) in [5.41, 5.74) is 6.52. The fraction of sp³-hybridized carbons (Fsp3) is 0.588. The Bertz CT molecular complexity index is 752. The second-order valence-electron chi connectivity index (χ2n) is 7.12. The van der Waals surface area contributed by atoms with Crippen LogP contribution in [0, 0.1) is 5.41 Å². The Morgan fingerprint density at radius 1 is 1.42 bits per heavy atom. The van der Waals surface area contributed by atoms with Gasteiger partial charge >= 0.3 is 0 Å². The van der Waals surface area contributed by atoms with Crippen molar-refractivity contribution < 1.29 is 17.9 Å². The fourth-order valence-electron chi connectivity index (χ4n) is 2.93. The molecule has 1 heterocycles. The van der Waals surface area contributed by atoms with Gasteiger partial charge in [0.25, 0.3) is 0 Å². The molecule has 1 atom stereocenters. The van der Waals surface area contributed by atoms with Gasteiger partial charge in [0.1, 0.15) is 10.6 Å². The van der Waals surface area contributed by atoms with Gasteiger partial charge in [-0.3, -0.25) is 4.79 Å². The highest BCUT2D eigenvalue weighted by molar-refractivity contribution is 7.89. The third-order valence-corrected chi connectivity index (χ3v) is 6.53. The van der Waals surface area contributed by atoms with E-state index in [1.54, 1.807) is 18.2 Å². The van der Waals surface area contributed by atoms with Crippen LogP contribution in [0.5, 0.6) is 5.75 Å². The van der Waals surface area contributed by atoms with Crippen LogP contribution in [0.25, 0.3) is 0 Å². The lowest BCUT2D eigenvalue weighted by Gasteiger charge is -2.41. The topological polar surface area (TPSA) is 102 Å². The number of benzene rings is 1. The maximum absolute atomic E-state index is 13.2. The first kappa shape index (κ1) is 22.7. The zero-order valence-corrected chi connectivity index (χ0v) is 17.2. The van der Waals surface area contributed by atoms with Gasteiger partial charge in [-0.25, -0.2) is 8.42 Å². The molecule has 0 bridgehead atoms. The van der Waals surface area contributed by atoms with Gasteiger partial charge in [-0.15, -0.1) is 12.4 Å². The molecule has 1 aromatic carbocycles. The van der Waals surface area contributed by atoms with Crippen molar-refractivity contribution >= 4 is 28.3 Å². The van der Waals surface area contributed by atoms with E-state index in [1.165, 1.54) is 18.3 Å². The first-order valence-corrected chi connectivity index (χ1v) is 9.69. The maximum Gasteiger partial charge on any atom is 0.246 e. The highest BCUT2D eigenvalue weighted by atomic mass is 35.5. The van der Waals surface area contributed by atoms with E-state index in [1.807, 2.05) is 13.8 Å². The summed E-state index contributed by atoms with van der Waals surface area (Å²) >= 11 is 0. The minimum absolute atomic E-state index is 0. The lowest BCUT2D eigenvalue weighted by molar-refractivity contribution is -0.119. The number of nitrogens with one attached hydrogen (secondary N) is 1. The highest BCUT2D eigenvalue weighted by Crippen LogP contribution is 2.34. The van der Waals surface area contributed by atoms with Gasteiger partial charge in [0.05, 0.1) is 7.11 Å². The number of halogens is 1. The number of hydrogen-bond donors (Lipinski definition) is 2. The number of amides is 1. The molecule has 1 aliphatic rings. The molecule has 26 heavy (non-hydrogen) atoms. The van der Waals surface area contributed by atoms with Crippen molar-refractivity contribution in [3.05, 3.63) is 23.8 Å². The first-order chi connectivity index (χ1) is 11.6. The minimum atomic E-state index is -3.72. The van der Waals surface area contributed by atoms with Crippen molar-refractivity contribution in [2.45, 2.75) is 44.7 Å². The van der Waals surface area contributed by atoms with Gasteiger partial charge in [-0.05, 0) is 29.5 Å². The highest BCUT2D eigenvalue weighted by Gasteiger charge is 2.39. The molecule has 148 valence electrons. The van der Waals surface area contributed by atoms with Crippen LogP contribution in [-0.2, 0) is 21.4 Å². The predicted octanol–water partition coefficient (Wildman–Crippen LogP) is 1.50. The van der Waals surface area contributed by atoms with Crippen LogP contribution in [0.2, 0.25) is 0 Å². The summed E-state index contributed by atoms with van der Waals surface area (Å²) < 4.78 is 33.1. The molecule has 0 spiro atoms. The molecule has 0 aromatic heterocycles. The van der Waals surface area contributed by atoms with E-state index in [-0.39, 0.29) is 41.2 Å². The number of nitrogens with zero attached hydrogens (tertiary/aromatic N) is 1. The molecule has 1 unspecified atom stereocenters. The number of carbonyl (C=O) groups is 1. The normalized spacial score (nSPS) is 20.1. The molecule has 2 rings (SSSR count). The van der Waals surface area contributed by atoms with E-state index in [2.05, 4.69) is 5.32 Å². The SMILES string of the molecule is COc1ccc(CNC(C)=O)cc1S(=O)(=O)N1CCC(N)C(C)(C)C1.Cl. The van der Waals surface area contributed by atoms with Crippen molar-refractivity contribution in [3.8, 4) is 5.75 Å². The number of carbonyl (C=O) groups excluding carboxylic acids is 1. The van der Waals surface area contributed by atoms with Crippen LogP contribution in [0.3, 0.4) is 0 Å².